The molecule has 0 unspecified atom stereocenters. The number of allylic oxidation sites excluding steroid dienone is 2. The van der Waals surface area contributed by atoms with Crippen molar-refractivity contribution < 1.29 is 24.9 Å². The van der Waals surface area contributed by atoms with Crippen LogP contribution in [0.4, 0.5) is 0 Å². The highest BCUT2D eigenvalue weighted by Gasteiger charge is 2.66. The van der Waals surface area contributed by atoms with E-state index in [9.17, 15) is 20.1 Å². The Morgan fingerprint density at radius 1 is 1.09 bits per heavy atom. The summed E-state index contributed by atoms with van der Waals surface area (Å²) >= 11 is 0. The second-order valence-corrected chi connectivity index (χ2v) is 14.6. The van der Waals surface area contributed by atoms with Crippen molar-refractivity contribution >= 4 is 5.78 Å². The van der Waals surface area contributed by atoms with Gasteiger partial charge in [-0.1, -0.05) is 46.3 Å². The lowest BCUT2D eigenvalue weighted by molar-refractivity contribution is -0.172. The third-order valence-electron chi connectivity index (χ3n) is 12.4. The Morgan fingerprint density at radius 2 is 1.77 bits per heavy atom. The number of carbonyl (C=O) groups is 1. The summed E-state index contributed by atoms with van der Waals surface area (Å²) in [6.45, 7) is 14.9. The molecule has 5 rings (SSSR count). The van der Waals surface area contributed by atoms with E-state index in [-0.39, 0.29) is 27.6 Å². The van der Waals surface area contributed by atoms with Gasteiger partial charge in [0.2, 0.25) is 0 Å². The second kappa shape index (κ2) is 7.88. The van der Waals surface area contributed by atoms with Gasteiger partial charge in [0.05, 0.1) is 11.7 Å². The van der Waals surface area contributed by atoms with Gasteiger partial charge in [0.25, 0.3) is 0 Å². The van der Waals surface area contributed by atoms with E-state index in [1.165, 1.54) is 0 Å². The van der Waals surface area contributed by atoms with Crippen LogP contribution in [0.25, 0.3) is 0 Å². The highest BCUT2D eigenvalue weighted by atomic mass is 16.6. The third kappa shape index (κ3) is 3.43. The van der Waals surface area contributed by atoms with E-state index in [1.807, 2.05) is 0 Å². The van der Waals surface area contributed by atoms with Crippen molar-refractivity contribution in [2.45, 2.75) is 124 Å². The van der Waals surface area contributed by atoms with E-state index in [2.05, 4.69) is 40.7 Å². The first-order valence-corrected chi connectivity index (χ1v) is 14.0. The fourth-order valence-corrected chi connectivity index (χ4v) is 9.98. The van der Waals surface area contributed by atoms with Crippen molar-refractivity contribution in [1.29, 1.82) is 0 Å². The van der Waals surface area contributed by atoms with Crippen LogP contribution in [0.3, 0.4) is 0 Å². The average Bonchev–Trinajstić information content (AvgIpc) is 3.26. The van der Waals surface area contributed by atoms with Gasteiger partial charge in [0, 0.05) is 17.8 Å². The van der Waals surface area contributed by atoms with Gasteiger partial charge in [0.1, 0.15) is 11.9 Å². The summed E-state index contributed by atoms with van der Waals surface area (Å²) in [7, 11) is 0. The molecule has 0 spiro atoms. The minimum atomic E-state index is -1.26. The van der Waals surface area contributed by atoms with Crippen LogP contribution in [0.5, 0.6) is 0 Å². The zero-order chi connectivity index (χ0) is 25.8. The maximum Gasteiger partial charge on any atom is 0.158 e. The van der Waals surface area contributed by atoms with Gasteiger partial charge in [0.15, 0.2) is 6.29 Å². The Bertz CT molecular complexity index is 916. The first-order valence-electron chi connectivity index (χ1n) is 14.0. The second-order valence-electron chi connectivity index (χ2n) is 14.6. The largest absolute Gasteiger partial charge is 0.388 e. The van der Waals surface area contributed by atoms with Crippen LogP contribution >= 0.6 is 0 Å². The van der Waals surface area contributed by atoms with Crippen LogP contribution in [0.2, 0.25) is 0 Å². The molecule has 0 amide bonds. The van der Waals surface area contributed by atoms with Crippen molar-refractivity contribution in [2.75, 3.05) is 0 Å². The monoisotopic (exact) mass is 488 g/mol. The number of aliphatic hydroxyl groups excluding tert-OH is 2. The molecule has 1 saturated heterocycles. The van der Waals surface area contributed by atoms with E-state index in [0.29, 0.717) is 36.4 Å². The number of ether oxygens (including phenoxy) is 1. The Kier molecular flexibility index (Phi) is 5.83. The van der Waals surface area contributed by atoms with Crippen LogP contribution in [-0.4, -0.2) is 45.2 Å². The van der Waals surface area contributed by atoms with Gasteiger partial charge in [-0.15, -0.1) is 0 Å². The molecule has 198 valence electrons. The van der Waals surface area contributed by atoms with Crippen LogP contribution in [0.15, 0.2) is 11.6 Å². The number of fused-ring (bicyclic) bond motifs is 5. The summed E-state index contributed by atoms with van der Waals surface area (Å²) in [6.07, 6.45) is 7.78. The fraction of sp³-hybridized carbons (Fsp3) is 0.900. The number of aliphatic hydroxyl groups is 3. The fourth-order valence-electron chi connectivity index (χ4n) is 9.98. The molecule has 5 nitrogen and oxygen atoms in total. The van der Waals surface area contributed by atoms with Gasteiger partial charge < -0.3 is 20.1 Å². The van der Waals surface area contributed by atoms with Gasteiger partial charge in [-0.2, -0.15) is 0 Å². The molecule has 4 aliphatic carbocycles. The predicted octanol–water partition coefficient (Wildman–Crippen LogP) is 5.02. The van der Waals surface area contributed by atoms with Crippen molar-refractivity contribution in [1.82, 2.24) is 0 Å². The lowest BCUT2D eigenvalue weighted by Gasteiger charge is -2.63. The van der Waals surface area contributed by atoms with Gasteiger partial charge in [-0.05, 0) is 92.8 Å². The molecular formula is C30H48O5. The lowest BCUT2D eigenvalue weighted by Crippen LogP contribution is -2.57. The van der Waals surface area contributed by atoms with E-state index in [4.69, 9.17) is 4.74 Å². The van der Waals surface area contributed by atoms with Crippen LogP contribution in [0.1, 0.15) is 99.8 Å². The molecule has 5 heteroatoms. The summed E-state index contributed by atoms with van der Waals surface area (Å²) in [5.41, 5.74) is 0.409. The molecule has 3 N–H and O–H groups in total. The van der Waals surface area contributed by atoms with Crippen molar-refractivity contribution in [3.05, 3.63) is 11.6 Å². The summed E-state index contributed by atoms with van der Waals surface area (Å²) in [6, 6.07) is 0. The van der Waals surface area contributed by atoms with E-state index in [0.717, 1.165) is 38.5 Å². The Morgan fingerprint density at radius 3 is 2.43 bits per heavy atom. The summed E-state index contributed by atoms with van der Waals surface area (Å²) < 4.78 is 5.86. The topological polar surface area (TPSA) is 87.0 Å². The third-order valence-corrected chi connectivity index (χ3v) is 12.4. The Hall–Kier alpha value is -0.750. The number of hydrogen-bond acceptors (Lipinski definition) is 5. The van der Waals surface area contributed by atoms with E-state index < -0.39 is 24.1 Å². The molecule has 0 bridgehead atoms. The molecule has 0 radical (unpaired) electrons. The lowest BCUT2D eigenvalue weighted by atomic mass is 9.41. The van der Waals surface area contributed by atoms with Crippen molar-refractivity contribution in [3.8, 4) is 0 Å². The number of Topliss-reactive ketones (excluding diaryl/α,β-unsaturated/α-hetero) is 1. The molecule has 10 atom stereocenters. The molecule has 1 heterocycles. The molecule has 0 aromatic carbocycles. The zero-order valence-corrected chi connectivity index (χ0v) is 22.9. The molecule has 1 aliphatic heterocycles. The van der Waals surface area contributed by atoms with E-state index in [1.54, 1.807) is 19.4 Å². The maximum absolute atomic E-state index is 12.8. The normalized spacial score (nSPS) is 50.2. The van der Waals surface area contributed by atoms with Gasteiger partial charge >= 0.3 is 0 Å². The number of hydrogen-bond donors (Lipinski definition) is 3. The maximum atomic E-state index is 12.8. The van der Waals surface area contributed by atoms with Crippen LogP contribution in [0, 0.1) is 45.3 Å². The summed E-state index contributed by atoms with van der Waals surface area (Å²) in [5, 5.41) is 31.9. The van der Waals surface area contributed by atoms with Gasteiger partial charge in [-0.25, -0.2) is 0 Å². The van der Waals surface area contributed by atoms with Crippen LogP contribution in [-0.2, 0) is 9.53 Å². The molecular weight excluding hydrogens is 440 g/mol. The number of rotatable bonds is 3. The Balaban J connectivity index is 1.44. The van der Waals surface area contributed by atoms with Crippen molar-refractivity contribution in [2.24, 2.45) is 45.3 Å². The molecule has 5 aliphatic rings. The minimum Gasteiger partial charge on any atom is -0.388 e. The summed E-state index contributed by atoms with van der Waals surface area (Å²) in [5.74, 6) is 1.66. The highest BCUT2D eigenvalue weighted by molar-refractivity contribution is 5.85. The first-order chi connectivity index (χ1) is 16.1. The number of carbonyl (C=O) groups excluding carboxylic acids is 1. The summed E-state index contributed by atoms with van der Waals surface area (Å²) in [4.78, 5) is 12.8. The highest BCUT2D eigenvalue weighted by Crippen LogP contribution is 2.73. The Labute approximate surface area is 211 Å². The standard InChI is InChI=1S/C30H48O5/c1-26(2)22-9-8-20-19(28(22,5)13-12-23(26)31)11-15-29(6)18(10-14-30(20,29)7)17-16-21(35-25(17)33)24(32)27(3,4)34/h8,17-19,21-22,24-25,32-34H,9-16H2,1-7H3/t17-,18-,19-,21+,22+,24+,25-,28+,29-,30+/m0/s1. The van der Waals surface area contributed by atoms with Gasteiger partial charge in [-0.3, -0.25) is 4.79 Å². The molecule has 0 aromatic heterocycles. The molecule has 4 fully saturated rings. The minimum absolute atomic E-state index is 0.0286. The molecule has 35 heavy (non-hydrogen) atoms. The first kappa shape index (κ1) is 25.9. The average molecular weight is 489 g/mol. The molecule has 0 aromatic rings. The smallest absolute Gasteiger partial charge is 0.158 e. The quantitative estimate of drug-likeness (QED) is 0.486. The zero-order valence-electron chi connectivity index (χ0n) is 22.9. The SMILES string of the molecule is CC(C)(O)[C@H](O)[C@H]1C[C@@H]([C@@H]2CC[C@]3(C)C4=CC[C@@H]5C(C)(C)C(=O)CC[C@]5(C)[C@H]4CC[C@@]23C)[C@@H](O)O1. The van der Waals surface area contributed by atoms with Crippen molar-refractivity contribution in [3.63, 3.8) is 0 Å². The predicted molar refractivity (Wildman–Crippen MR) is 135 cm³/mol. The number of ketones is 1. The van der Waals surface area contributed by atoms with E-state index >= 15 is 0 Å². The molecule has 3 saturated carbocycles. The van der Waals surface area contributed by atoms with Crippen LogP contribution < -0.4 is 0 Å².